The minimum atomic E-state index is -0.0673. The first-order valence-electron chi connectivity index (χ1n) is 10.6. The Labute approximate surface area is 183 Å². The molecule has 0 atom stereocenters. The maximum atomic E-state index is 12.7. The number of hydrogen-bond donors (Lipinski definition) is 1. The lowest BCUT2D eigenvalue weighted by molar-refractivity contribution is 0.208. The van der Waals surface area contributed by atoms with Gasteiger partial charge in [-0.1, -0.05) is 32.9 Å². The fourth-order valence-electron chi connectivity index (χ4n) is 3.57. The third-order valence-electron chi connectivity index (χ3n) is 5.52. The van der Waals surface area contributed by atoms with E-state index in [1.54, 1.807) is 12.4 Å². The molecular formula is C24H28N6O. The lowest BCUT2D eigenvalue weighted by Gasteiger charge is -2.35. The number of aromatic nitrogens is 3. The van der Waals surface area contributed by atoms with Crippen LogP contribution in [0.1, 0.15) is 26.3 Å². The number of nitrogens with one attached hydrogen (secondary N) is 1. The molecular weight excluding hydrogens is 388 g/mol. The van der Waals surface area contributed by atoms with Crippen LogP contribution in [0.25, 0.3) is 11.3 Å². The van der Waals surface area contributed by atoms with E-state index in [1.807, 2.05) is 41.3 Å². The van der Waals surface area contributed by atoms with E-state index in [2.05, 4.69) is 58.3 Å². The van der Waals surface area contributed by atoms with Gasteiger partial charge in [0.1, 0.15) is 0 Å². The number of piperazine rings is 1. The van der Waals surface area contributed by atoms with Crippen molar-refractivity contribution in [2.45, 2.75) is 26.2 Å². The van der Waals surface area contributed by atoms with Gasteiger partial charge in [0.2, 0.25) is 0 Å². The Balaban J connectivity index is 1.31. The lowest BCUT2D eigenvalue weighted by Crippen LogP contribution is -2.50. The van der Waals surface area contributed by atoms with Crippen molar-refractivity contribution in [2.75, 3.05) is 36.4 Å². The summed E-state index contributed by atoms with van der Waals surface area (Å²) in [5.74, 6) is 0.829. The van der Waals surface area contributed by atoms with Crippen LogP contribution >= 0.6 is 0 Å². The molecule has 160 valence electrons. The Morgan fingerprint density at radius 3 is 2.13 bits per heavy atom. The van der Waals surface area contributed by atoms with Crippen LogP contribution in [0.2, 0.25) is 0 Å². The van der Waals surface area contributed by atoms with E-state index in [4.69, 9.17) is 0 Å². The van der Waals surface area contributed by atoms with Gasteiger partial charge in [-0.3, -0.25) is 4.98 Å². The van der Waals surface area contributed by atoms with Crippen molar-refractivity contribution in [3.05, 3.63) is 66.5 Å². The highest BCUT2D eigenvalue weighted by Crippen LogP contribution is 2.24. The fourth-order valence-corrected chi connectivity index (χ4v) is 3.57. The molecule has 1 fully saturated rings. The highest BCUT2D eigenvalue weighted by molar-refractivity contribution is 5.89. The topological polar surface area (TPSA) is 74.2 Å². The highest BCUT2D eigenvalue weighted by atomic mass is 16.2. The number of pyridine rings is 1. The second kappa shape index (κ2) is 8.71. The van der Waals surface area contributed by atoms with Crippen molar-refractivity contribution in [3.63, 3.8) is 0 Å². The maximum Gasteiger partial charge on any atom is 0.321 e. The Morgan fingerprint density at radius 1 is 0.871 bits per heavy atom. The second-order valence-corrected chi connectivity index (χ2v) is 8.74. The normalized spacial score (nSPS) is 14.4. The van der Waals surface area contributed by atoms with Gasteiger partial charge in [0.25, 0.3) is 0 Å². The Bertz CT molecular complexity index is 1000. The van der Waals surface area contributed by atoms with Gasteiger partial charge in [0.15, 0.2) is 5.82 Å². The molecule has 2 amide bonds. The summed E-state index contributed by atoms with van der Waals surface area (Å²) in [5, 5.41) is 11.7. The molecule has 3 aromatic rings. The van der Waals surface area contributed by atoms with Gasteiger partial charge in [0.05, 0.1) is 5.69 Å². The molecule has 7 nitrogen and oxygen atoms in total. The van der Waals surface area contributed by atoms with Crippen LogP contribution in [0.5, 0.6) is 0 Å². The van der Waals surface area contributed by atoms with Crippen LogP contribution in [-0.4, -0.2) is 52.3 Å². The largest absolute Gasteiger partial charge is 0.352 e. The van der Waals surface area contributed by atoms with Crippen LogP contribution in [-0.2, 0) is 5.41 Å². The van der Waals surface area contributed by atoms with E-state index in [-0.39, 0.29) is 11.4 Å². The number of nitrogens with zero attached hydrogens (tertiary/aromatic N) is 5. The van der Waals surface area contributed by atoms with Crippen LogP contribution in [0.3, 0.4) is 0 Å². The standard InChI is InChI=1S/C24H28N6O/c1-24(2,3)19-4-6-20(7-5-19)26-23(31)30-16-14-29(15-17-30)22-9-8-21(27-28-22)18-10-12-25-13-11-18/h4-13H,14-17H2,1-3H3,(H,26,31). The number of hydrogen-bond acceptors (Lipinski definition) is 5. The Kier molecular flexibility index (Phi) is 5.84. The molecule has 1 saturated heterocycles. The minimum absolute atomic E-state index is 0.0673. The summed E-state index contributed by atoms with van der Waals surface area (Å²) in [6, 6.07) is 15.8. The van der Waals surface area contributed by atoms with Gasteiger partial charge in [-0.2, -0.15) is 0 Å². The van der Waals surface area contributed by atoms with Crippen molar-refractivity contribution in [1.29, 1.82) is 0 Å². The Hall–Kier alpha value is -3.48. The summed E-state index contributed by atoms with van der Waals surface area (Å²) < 4.78 is 0. The summed E-state index contributed by atoms with van der Waals surface area (Å²) in [6.45, 7) is 9.25. The van der Waals surface area contributed by atoms with Gasteiger partial charge in [-0.05, 0) is 47.4 Å². The van der Waals surface area contributed by atoms with Crippen molar-refractivity contribution in [2.24, 2.45) is 0 Å². The van der Waals surface area contributed by atoms with E-state index in [9.17, 15) is 4.79 Å². The number of carbonyl (C=O) groups excluding carboxylic acids is 1. The van der Waals surface area contributed by atoms with Crippen molar-refractivity contribution in [3.8, 4) is 11.3 Å². The zero-order valence-electron chi connectivity index (χ0n) is 18.2. The molecule has 0 spiro atoms. The number of anilines is 2. The van der Waals surface area contributed by atoms with Crippen LogP contribution in [0.4, 0.5) is 16.3 Å². The molecule has 3 heterocycles. The van der Waals surface area contributed by atoms with Crippen LogP contribution in [0.15, 0.2) is 60.9 Å². The number of urea groups is 1. The monoisotopic (exact) mass is 416 g/mol. The zero-order valence-corrected chi connectivity index (χ0v) is 18.2. The lowest BCUT2D eigenvalue weighted by atomic mass is 9.87. The summed E-state index contributed by atoms with van der Waals surface area (Å²) in [4.78, 5) is 20.7. The minimum Gasteiger partial charge on any atom is -0.352 e. The number of carbonyl (C=O) groups is 1. The summed E-state index contributed by atoms with van der Waals surface area (Å²) in [7, 11) is 0. The number of amides is 2. The molecule has 0 unspecified atom stereocenters. The van der Waals surface area contributed by atoms with Gasteiger partial charge in [0, 0.05) is 49.8 Å². The van der Waals surface area contributed by atoms with Gasteiger partial charge >= 0.3 is 6.03 Å². The molecule has 0 aliphatic carbocycles. The predicted octanol–water partition coefficient (Wildman–Crippen LogP) is 4.19. The summed E-state index contributed by atoms with van der Waals surface area (Å²) in [6.07, 6.45) is 3.49. The zero-order chi connectivity index (χ0) is 21.8. The third kappa shape index (κ3) is 4.99. The van der Waals surface area contributed by atoms with Gasteiger partial charge < -0.3 is 15.1 Å². The first-order chi connectivity index (χ1) is 14.9. The van der Waals surface area contributed by atoms with E-state index in [0.717, 1.165) is 35.9 Å². The first-order valence-corrected chi connectivity index (χ1v) is 10.6. The molecule has 0 radical (unpaired) electrons. The van der Waals surface area contributed by atoms with E-state index in [0.29, 0.717) is 13.1 Å². The molecule has 31 heavy (non-hydrogen) atoms. The first kappa shape index (κ1) is 20.8. The smallest absolute Gasteiger partial charge is 0.321 e. The summed E-state index contributed by atoms with van der Waals surface area (Å²) in [5.41, 5.74) is 3.97. The quantitative estimate of drug-likeness (QED) is 0.693. The highest BCUT2D eigenvalue weighted by Gasteiger charge is 2.22. The fraction of sp³-hybridized carbons (Fsp3) is 0.333. The predicted molar refractivity (Wildman–Crippen MR) is 123 cm³/mol. The summed E-state index contributed by atoms with van der Waals surface area (Å²) >= 11 is 0. The third-order valence-corrected chi connectivity index (χ3v) is 5.52. The molecule has 0 saturated carbocycles. The van der Waals surface area contributed by atoms with Gasteiger partial charge in [-0.25, -0.2) is 4.79 Å². The van der Waals surface area contributed by atoms with E-state index >= 15 is 0 Å². The van der Waals surface area contributed by atoms with E-state index in [1.165, 1.54) is 5.56 Å². The maximum absolute atomic E-state index is 12.7. The Morgan fingerprint density at radius 2 is 1.55 bits per heavy atom. The molecule has 4 rings (SSSR count). The average Bonchev–Trinajstić information content (AvgIpc) is 2.80. The second-order valence-electron chi connectivity index (χ2n) is 8.74. The average molecular weight is 417 g/mol. The number of benzene rings is 1. The van der Waals surface area contributed by atoms with Crippen LogP contribution in [0, 0.1) is 0 Å². The molecule has 1 aliphatic rings. The van der Waals surface area contributed by atoms with E-state index < -0.39 is 0 Å². The van der Waals surface area contributed by atoms with Crippen molar-refractivity contribution >= 4 is 17.5 Å². The molecule has 7 heteroatoms. The number of rotatable bonds is 3. The van der Waals surface area contributed by atoms with Crippen molar-refractivity contribution in [1.82, 2.24) is 20.1 Å². The molecule has 2 aromatic heterocycles. The van der Waals surface area contributed by atoms with Crippen molar-refractivity contribution < 1.29 is 4.79 Å². The molecule has 1 aromatic carbocycles. The molecule has 1 aliphatic heterocycles. The molecule has 1 N–H and O–H groups in total. The van der Waals surface area contributed by atoms with Crippen LogP contribution < -0.4 is 10.2 Å². The molecule has 0 bridgehead atoms. The SMILES string of the molecule is CC(C)(C)c1ccc(NC(=O)N2CCN(c3ccc(-c4ccncc4)nn3)CC2)cc1. The van der Waals surface area contributed by atoms with Gasteiger partial charge in [-0.15, -0.1) is 10.2 Å².